The van der Waals surface area contributed by atoms with Gasteiger partial charge in [0.1, 0.15) is 0 Å². The molecule has 6 heteroatoms. The van der Waals surface area contributed by atoms with Crippen molar-refractivity contribution in [2.75, 3.05) is 13.1 Å². The van der Waals surface area contributed by atoms with Gasteiger partial charge in [-0.1, -0.05) is 20.3 Å². The highest BCUT2D eigenvalue weighted by atomic mass is 32.2. The summed E-state index contributed by atoms with van der Waals surface area (Å²) in [5, 5.41) is 9.46. The first-order chi connectivity index (χ1) is 8.33. The Bertz CT molecular complexity index is 341. The number of aliphatic hydroxyl groups excluding tert-OH is 1. The minimum Gasteiger partial charge on any atom is -0.393 e. The van der Waals surface area contributed by atoms with Gasteiger partial charge in [-0.15, -0.1) is 0 Å². The fraction of sp³-hybridized carbons (Fsp3) is 1.00. The standard InChI is InChI=1S/C12H26N2O3S/c1-10(2)9-13-18(16,17)14-7-5-4-6-12(14)8-11(3)15/h10-13,15H,4-9H2,1-3H3. The molecule has 18 heavy (non-hydrogen) atoms. The number of nitrogens with zero attached hydrogens (tertiary/aromatic N) is 1. The highest BCUT2D eigenvalue weighted by molar-refractivity contribution is 7.87. The van der Waals surface area contributed by atoms with E-state index in [0.717, 1.165) is 19.3 Å². The first-order valence-electron chi connectivity index (χ1n) is 6.77. The van der Waals surface area contributed by atoms with Crippen molar-refractivity contribution >= 4 is 10.2 Å². The Morgan fingerprint density at radius 2 is 2.00 bits per heavy atom. The Kier molecular flexibility index (Phi) is 6.04. The molecule has 2 atom stereocenters. The van der Waals surface area contributed by atoms with Crippen LogP contribution in [0.5, 0.6) is 0 Å². The van der Waals surface area contributed by atoms with Crippen molar-refractivity contribution in [2.24, 2.45) is 5.92 Å². The molecule has 0 aromatic rings. The van der Waals surface area contributed by atoms with E-state index in [9.17, 15) is 13.5 Å². The molecule has 1 saturated heterocycles. The molecule has 5 nitrogen and oxygen atoms in total. The predicted octanol–water partition coefficient (Wildman–Crippen LogP) is 1.10. The van der Waals surface area contributed by atoms with Crippen molar-refractivity contribution in [3.8, 4) is 0 Å². The van der Waals surface area contributed by atoms with Gasteiger partial charge in [0.25, 0.3) is 10.2 Å². The molecule has 0 aliphatic carbocycles. The largest absolute Gasteiger partial charge is 0.393 e. The number of piperidine rings is 1. The predicted molar refractivity (Wildman–Crippen MR) is 72.4 cm³/mol. The monoisotopic (exact) mass is 278 g/mol. The van der Waals surface area contributed by atoms with Gasteiger partial charge < -0.3 is 5.11 Å². The molecule has 2 N–H and O–H groups in total. The summed E-state index contributed by atoms with van der Waals surface area (Å²) in [6, 6.07) is -0.0663. The molecule has 108 valence electrons. The van der Waals surface area contributed by atoms with E-state index >= 15 is 0 Å². The van der Waals surface area contributed by atoms with E-state index < -0.39 is 16.3 Å². The van der Waals surface area contributed by atoms with Gasteiger partial charge in [0.2, 0.25) is 0 Å². The van der Waals surface area contributed by atoms with Crippen LogP contribution in [0.15, 0.2) is 0 Å². The van der Waals surface area contributed by atoms with Crippen LogP contribution in [0.3, 0.4) is 0 Å². The summed E-state index contributed by atoms with van der Waals surface area (Å²) in [7, 11) is -3.40. The van der Waals surface area contributed by atoms with Gasteiger partial charge in [0, 0.05) is 19.1 Å². The summed E-state index contributed by atoms with van der Waals surface area (Å²) >= 11 is 0. The smallest absolute Gasteiger partial charge is 0.279 e. The second-order valence-electron chi connectivity index (χ2n) is 5.59. The van der Waals surface area contributed by atoms with E-state index in [-0.39, 0.29) is 6.04 Å². The zero-order valence-corrected chi connectivity index (χ0v) is 12.4. The summed E-state index contributed by atoms with van der Waals surface area (Å²) < 4.78 is 28.6. The van der Waals surface area contributed by atoms with Crippen molar-refractivity contribution in [1.82, 2.24) is 9.03 Å². The Labute approximate surface area is 111 Å². The van der Waals surface area contributed by atoms with Gasteiger partial charge in [-0.2, -0.15) is 12.7 Å². The molecule has 0 amide bonds. The molecular formula is C12H26N2O3S. The molecule has 1 fully saturated rings. The van der Waals surface area contributed by atoms with Gasteiger partial charge >= 0.3 is 0 Å². The number of aliphatic hydroxyl groups is 1. The van der Waals surface area contributed by atoms with Crippen molar-refractivity contribution in [1.29, 1.82) is 0 Å². The lowest BCUT2D eigenvalue weighted by Gasteiger charge is -2.35. The van der Waals surface area contributed by atoms with Crippen molar-refractivity contribution in [3.63, 3.8) is 0 Å². The molecule has 1 aliphatic rings. The van der Waals surface area contributed by atoms with Crippen LogP contribution in [0.4, 0.5) is 0 Å². The van der Waals surface area contributed by atoms with Crippen LogP contribution in [0.2, 0.25) is 0 Å². The maximum atomic E-state index is 12.2. The lowest BCUT2D eigenvalue weighted by Crippen LogP contribution is -2.50. The third kappa shape index (κ3) is 4.84. The number of rotatable bonds is 6. The number of hydrogen-bond donors (Lipinski definition) is 2. The van der Waals surface area contributed by atoms with Crippen LogP contribution in [-0.2, 0) is 10.2 Å². The minimum absolute atomic E-state index is 0.0663. The van der Waals surface area contributed by atoms with Crippen molar-refractivity contribution < 1.29 is 13.5 Å². The van der Waals surface area contributed by atoms with Gasteiger partial charge in [0.05, 0.1) is 6.10 Å². The average molecular weight is 278 g/mol. The summed E-state index contributed by atoms with van der Waals surface area (Å²) in [6.45, 7) is 6.68. The highest BCUT2D eigenvalue weighted by Gasteiger charge is 2.32. The van der Waals surface area contributed by atoms with Crippen molar-refractivity contribution in [3.05, 3.63) is 0 Å². The molecule has 0 aromatic carbocycles. The van der Waals surface area contributed by atoms with Gasteiger partial charge in [0.15, 0.2) is 0 Å². The van der Waals surface area contributed by atoms with Gasteiger partial charge in [-0.25, -0.2) is 4.72 Å². The SMILES string of the molecule is CC(C)CNS(=O)(=O)N1CCCCC1CC(C)O. The minimum atomic E-state index is -3.40. The lowest BCUT2D eigenvalue weighted by molar-refractivity contribution is 0.131. The first kappa shape index (κ1) is 15.9. The van der Waals surface area contributed by atoms with Crippen LogP contribution >= 0.6 is 0 Å². The third-order valence-electron chi connectivity index (χ3n) is 3.17. The summed E-state index contributed by atoms with van der Waals surface area (Å²) in [5.41, 5.74) is 0. The molecule has 2 unspecified atom stereocenters. The maximum absolute atomic E-state index is 12.2. The van der Waals surface area contributed by atoms with Gasteiger partial charge in [-0.05, 0) is 32.1 Å². The molecule has 0 radical (unpaired) electrons. The zero-order valence-electron chi connectivity index (χ0n) is 11.6. The zero-order chi connectivity index (χ0) is 13.8. The fourth-order valence-corrected chi connectivity index (χ4v) is 3.94. The fourth-order valence-electron chi connectivity index (χ4n) is 2.27. The molecule has 0 saturated carbocycles. The molecule has 1 aliphatic heterocycles. The van der Waals surface area contributed by atoms with E-state index in [4.69, 9.17) is 0 Å². The van der Waals surface area contributed by atoms with E-state index in [1.807, 2.05) is 13.8 Å². The Morgan fingerprint density at radius 3 is 2.56 bits per heavy atom. The third-order valence-corrected chi connectivity index (χ3v) is 4.80. The van der Waals surface area contributed by atoms with E-state index in [1.165, 1.54) is 4.31 Å². The number of hydrogen-bond acceptors (Lipinski definition) is 3. The molecule has 1 rings (SSSR count). The quantitative estimate of drug-likeness (QED) is 0.764. The molecule has 0 spiro atoms. The number of nitrogens with one attached hydrogen (secondary N) is 1. The Morgan fingerprint density at radius 1 is 1.33 bits per heavy atom. The van der Waals surface area contributed by atoms with E-state index in [1.54, 1.807) is 6.92 Å². The van der Waals surface area contributed by atoms with Crippen LogP contribution in [0.25, 0.3) is 0 Å². The van der Waals surface area contributed by atoms with E-state index in [2.05, 4.69) is 4.72 Å². The van der Waals surface area contributed by atoms with E-state index in [0.29, 0.717) is 25.4 Å². The van der Waals surface area contributed by atoms with Crippen molar-refractivity contribution in [2.45, 2.75) is 58.6 Å². The second-order valence-corrected chi connectivity index (χ2v) is 7.30. The summed E-state index contributed by atoms with van der Waals surface area (Å²) in [6.07, 6.45) is 2.83. The highest BCUT2D eigenvalue weighted by Crippen LogP contribution is 2.23. The second kappa shape index (κ2) is 6.84. The Balaban J connectivity index is 2.69. The van der Waals surface area contributed by atoms with Gasteiger partial charge in [-0.3, -0.25) is 0 Å². The van der Waals surface area contributed by atoms with Crippen LogP contribution in [0.1, 0.15) is 46.5 Å². The van der Waals surface area contributed by atoms with Crippen LogP contribution < -0.4 is 4.72 Å². The molecule has 0 bridgehead atoms. The molecule has 0 aromatic heterocycles. The Hall–Kier alpha value is -0.170. The van der Waals surface area contributed by atoms with Crippen LogP contribution in [0, 0.1) is 5.92 Å². The summed E-state index contributed by atoms with van der Waals surface area (Å²) in [5.74, 6) is 0.291. The molecular weight excluding hydrogens is 252 g/mol. The maximum Gasteiger partial charge on any atom is 0.279 e. The summed E-state index contributed by atoms with van der Waals surface area (Å²) in [4.78, 5) is 0. The first-order valence-corrected chi connectivity index (χ1v) is 8.21. The lowest BCUT2D eigenvalue weighted by atomic mass is 10.00. The van der Waals surface area contributed by atoms with Crippen LogP contribution in [-0.4, -0.2) is 43.1 Å². The average Bonchev–Trinajstić information content (AvgIpc) is 2.26. The topological polar surface area (TPSA) is 69.6 Å². The molecule has 1 heterocycles. The normalized spacial score (nSPS) is 24.4.